The number of nitrogens with zero attached hydrogens (tertiary/aromatic N) is 3. The third-order valence-electron chi connectivity index (χ3n) is 6.82. The quantitative estimate of drug-likeness (QED) is 0.616. The molecule has 0 radical (unpaired) electrons. The van der Waals surface area contributed by atoms with Crippen LogP contribution < -0.4 is 10.9 Å². The van der Waals surface area contributed by atoms with Gasteiger partial charge in [-0.05, 0) is 70.1 Å². The van der Waals surface area contributed by atoms with Gasteiger partial charge in [0.1, 0.15) is 11.6 Å². The van der Waals surface area contributed by atoms with E-state index in [1.807, 2.05) is 4.90 Å². The minimum atomic E-state index is -0.397. The molecule has 1 amide bonds. The van der Waals surface area contributed by atoms with Crippen LogP contribution in [-0.2, 0) is 4.79 Å². The third-order valence-corrected chi connectivity index (χ3v) is 6.82. The summed E-state index contributed by atoms with van der Waals surface area (Å²) in [6, 6.07) is 6.21. The van der Waals surface area contributed by atoms with Gasteiger partial charge in [0.05, 0.1) is 10.9 Å². The molecule has 0 saturated carbocycles. The molecule has 1 atom stereocenters. The Morgan fingerprint density at radius 3 is 2.78 bits per heavy atom. The standard InChI is InChI=1S/C24H28FN5O2/c1-29-11-7-15(8-12-29)24(32)30-10-2-3-17(14-30)27-22-18-5-4-16(25)13-19(18)21-20(28-22)6-9-26-23(21)31/h4-6,9,13,15,17H,2-3,7-8,10-12,14H2,1H3,(H,26,31)(H,27,28)/t17-/m1/s1. The van der Waals surface area contributed by atoms with Crippen molar-refractivity contribution in [2.24, 2.45) is 5.92 Å². The van der Waals surface area contributed by atoms with E-state index in [1.54, 1.807) is 18.3 Å². The summed E-state index contributed by atoms with van der Waals surface area (Å²) in [4.78, 5) is 37.1. The first-order valence-corrected chi connectivity index (χ1v) is 11.3. The highest BCUT2D eigenvalue weighted by molar-refractivity contribution is 6.09. The lowest BCUT2D eigenvalue weighted by Crippen LogP contribution is -2.49. The molecular formula is C24H28FN5O2. The lowest BCUT2D eigenvalue weighted by molar-refractivity contribution is -0.138. The number of likely N-dealkylation sites (tertiary alicyclic amines) is 2. The number of benzene rings is 1. The van der Waals surface area contributed by atoms with Crippen molar-refractivity contribution in [3.63, 3.8) is 0 Å². The van der Waals surface area contributed by atoms with E-state index < -0.39 is 5.82 Å². The van der Waals surface area contributed by atoms with Gasteiger partial charge in [-0.25, -0.2) is 9.37 Å². The number of anilines is 1. The van der Waals surface area contributed by atoms with Crippen molar-refractivity contribution in [1.82, 2.24) is 19.8 Å². The van der Waals surface area contributed by atoms with Gasteiger partial charge >= 0.3 is 0 Å². The maximum absolute atomic E-state index is 14.0. The van der Waals surface area contributed by atoms with Crippen LogP contribution in [0.1, 0.15) is 25.7 Å². The molecule has 1 aromatic carbocycles. The fourth-order valence-electron chi connectivity index (χ4n) is 5.04. The van der Waals surface area contributed by atoms with Crippen LogP contribution >= 0.6 is 0 Å². The molecule has 8 heteroatoms. The lowest BCUT2D eigenvalue weighted by Gasteiger charge is -2.37. The van der Waals surface area contributed by atoms with E-state index in [2.05, 4.69) is 22.2 Å². The van der Waals surface area contributed by atoms with Gasteiger partial charge in [0.2, 0.25) is 5.91 Å². The van der Waals surface area contributed by atoms with Gasteiger partial charge in [-0.2, -0.15) is 0 Å². The predicted octanol–water partition coefficient (Wildman–Crippen LogP) is 2.96. The Hall–Kier alpha value is -3.00. The number of aromatic amines is 1. The van der Waals surface area contributed by atoms with Crippen molar-refractivity contribution >= 4 is 33.4 Å². The summed E-state index contributed by atoms with van der Waals surface area (Å²) in [6.45, 7) is 3.35. The van der Waals surface area contributed by atoms with Gasteiger partial charge in [0.25, 0.3) is 5.56 Å². The zero-order valence-corrected chi connectivity index (χ0v) is 18.2. The van der Waals surface area contributed by atoms with E-state index in [0.29, 0.717) is 34.0 Å². The van der Waals surface area contributed by atoms with Crippen LogP contribution in [0.15, 0.2) is 35.3 Å². The monoisotopic (exact) mass is 437 g/mol. The Kier molecular flexibility index (Phi) is 5.55. The summed E-state index contributed by atoms with van der Waals surface area (Å²) in [7, 11) is 2.10. The number of carbonyl (C=O) groups is 1. The van der Waals surface area contributed by atoms with E-state index in [9.17, 15) is 14.0 Å². The smallest absolute Gasteiger partial charge is 0.258 e. The molecule has 0 unspecified atom stereocenters. The molecule has 2 aliphatic heterocycles. The van der Waals surface area contributed by atoms with E-state index >= 15 is 0 Å². The first-order chi connectivity index (χ1) is 15.5. The van der Waals surface area contributed by atoms with Crippen molar-refractivity contribution in [3.8, 4) is 0 Å². The Balaban J connectivity index is 1.41. The molecule has 2 saturated heterocycles. The van der Waals surface area contributed by atoms with Crippen molar-refractivity contribution in [3.05, 3.63) is 46.6 Å². The molecule has 2 N–H and O–H groups in total. The van der Waals surface area contributed by atoms with Crippen LogP contribution in [0, 0.1) is 11.7 Å². The topological polar surface area (TPSA) is 81.3 Å². The lowest BCUT2D eigenvalue weighted by atomic mass is 9.94. The predicted molar refractivity (Wildman–Crippen MR) is 123 cm³/mol. The average Bonchev–Trinajstić information content (AvgIpc) is 2.79. The zero-order valence-electron chi connectivity index (χ0n) is 18.2. The molecule has 3 aromatic rings. The molecule has 0 bridgehead atoms. The molecule has 7 nitrogen and oxygen atoms in total. The highest BCUT2D eigenvalue weighted by Crippen LogP contribution is 2.30. The number of piperidine rings is 2. The van der Waals surface area contributed by atoms with Crippen molar-refractivity contribution in [2.45, 2.75) is 31.7 Å². The van der Waals surface area contributed by atoms with Crippen LogP contribution in [0.2, 0.25) is 0 Å². The second-order valence-corrected chi connectivity index (χ2v) is 9.06. The number of rotatable bonds is 3. The Bertz CT molecular complexity index is 1220. The molecule has 2 aromatic heterocycles. The van der Waals surface area contributed by atoms with Gasteiger partial charge in [0, 0.05) is 42.0 Å². The number of aromatic nitrogens is 2. The van der Waals surface area contributed by atoms with Crippen LogP contribution in [0.5, 0.6) is 0 Å². The fourth-order valence-corrected chi connectivity index (χ4v) is 5.04. The van der Waals surface area contributed by atoms with Gasteiger partial charge in [0.15, 0.2) is 0 Å². The molecule has 2 fully saturated rings. The van der Waals surface area contributed by atoms with Crippen LogP contribution in [0.25, 0.3) is 21.7 Å². The summed E-state index contributed by atoms with van der Waals surface area (Å²) in [5.41, 5.74) is 0.231. The summed E-state index contributed by atoms with van der Waals surface area (Å²) in [6.07, 6.45) is 5.24. The van der Waals surface area contributed by atoms with E-state index in [4.69, 9.17) is 4.98 Å². The normalized spacial score (nSPS) is 20.7. The minimum absolute atomic E-state index is 0.0548. The third kappa shape index (κ3) is 3.95. The fraction of sp³-hybridized carbons (Fsp3) is 0.458. The number of pyridine rings is 2. The van der Waals surface area contributed by atoms with Crippen molar-refractivity contribution < 1.29 is 9.18 Å². The molecule has 5 rings (SSSR count). The largest absolute Gasteiger partial charge is 0.365 e. The first-order valence-electron chi connectivity index (χ1n) is 11.3. The second kappa shape index (κ2) is 8.50. The summed E-state index contributed by atoms with van der Waals surface area (Å²) >= 11 is 0. The SMILES string of the molecule is CN1CCC(C(=O)N2CCC[C@@H](Nc3nc4cc[nH]c(=O)c4c4cc(F)ccc34)C2)CC1. The number of hydrogen-bond donors (Lipinski definition) is 2. The number of H-pyrrole nitrogens is 1. The molecule has 32 heavy (non-hydrogen) atoms. The van der Waals surface area contributed by atoms with Gasteiger partial charge in [-0.15, -0.1) is 0 Å². The van der Waals surface area contributed by atoms with Crippen molar-refractivity contribution in [1.29, 1.82) is 0 Å². The number of fused-ring (bicyclic) bond motifs is 3. The zero-order chi connectivity index (χ0) is 22.2. The number of nitrogens with one attached hydrogen (secondary N) is 2. The van der Waals surface area contributed by atoms with E-state index in [0.717, 1.165) is 45.3 Å². The summed E-state index contributed by atoms with van der Waals surface area (Å²) in [5.74, 6) is 0.595. The Morgan fingerprint density at radius 2 is 1.97 bits per heavy atom. The van der Waals surface area contributed by atoms with Gasteiger partial charge in [-0.3, -0.25) is 9.59 Å². The molecule has 0 aliphatic carbocycles. The highest BCUT2D eigenvalue weighted by Gasteiger charge is 2.31. The Morgan fingerprint density at radius 1 is 1.16 bits per heavy atom. The number of hydrogen-bond acceptors (Lipinski definition) is 5. The van der Waals surface area contributed by atoms with Gasteiger partial charge in [-0.1, -0.05) is 0 Å². The minimum Gasteiger partial charge on any atom is -0.365 e. The number of halogens is 1. The molecular weight excluding hydrogens is 409 g/mol. The highest BCUT2D eigenvalue weighted by atomic mass is 19.1. The van der Waals surface area contributed by atoms with Crippen LogP contribution in [0.4, 0.5) is 10.2 Å². The molecule has 4 heterocycles. The van der Waals surface area contributed by atoms with E-state index in [1.165, 1.54) is 12.1 Å². The molecule has 168 valence electrons. The van der Waals surface area contributed by atoms with E-state index in [-0.39, 0.29) is 23.4 Å². The van der Waals surface area contributed by atoms with Gasteiger partial charge < -0.3 is 20.1 Å². The maximum atomic E-state index is 14.0. The maximum Gasteiger partial charge on any atom is 0.258 e. The first kappa shape index (κ1) is 20.9. The Labute approximate surface area is 185 Å². The summed E-state index contributed by atoms with van der Waals surface area (Å²) in [5, 5.41) is 5.13. The molecule has 2 aliphatic rings. The average molecular weight is 438 g/mol. The van der Waals surface area contributed by atoms with Crippen molar-refractivity contribution in [2.75, 3.05) is 38.5 Å². The van der Waals surface area contributed by atoms with Crippen LogP contribution in [0.3, 0.4) is 0 Å². The number of carbonyl (C=O) groups excluding carboxylic acids is 1. The van der Waals surface area contributed by atoms with Crippen LogP contribution in [-0.4, -0.2) is 64.9 Å². The number of amides is 1. The summed E-state index contributed by atoms with van der Waals surface area (Å²) < 4.78 is 14.0. The second-order valence-electron chi connectivity index (χ2n) is 9.06. The molecule has 0 spiro atoms.